The standard InChI is InChI=1S/C30H37FN2O2/c1-21(2)23-9-11-24(12-10-23)30(35,28(3)19-33(5)20-28)26-15-22(17-32-18-26)13-14-29(4,34)25-7-6-8-27(31)16-25/h6-12,15-18,21,34-35H,13-14,19-20H2,1-5H3. The predicted octanol–water partition coefficient (Wildman–Crippen LogP) is 5.37. The smallest absolute Gasteiger partial charge is 0.124 e. The molecule has 5 heteroatoms. The highest BCUT2D eigenvalue weighted by molar-refractivity contribution is 5.42. The molecule has 0 spiro atoms. The lowest BCUT2D eigenvalue weighted by Crippen LogP contribution is -2.63. The van der Waals surface area contributed by atoms with E-state index < -0.39 is 11.2 Å². The summed E-state index contributed by atoms with van der Waals surface area (Å²) in [5.41, 5.74) is 1.58. The molecule has 1 aliphatic rings. The number of likely N-dealkylation sites (tertiary alicyclic amines) is 1. The van der Waals surface area contributed by atoms with Crippen molar-refractivity contribution in [2.75, 3.05) is 20.1 Å². The van der Waals surface area contributed by atoms with Crippen LogP contribution in [0.4, 0.5) is 4.39 Å². The van der Waals surface area contributed by atoms with Crippen molar-refractivity contribution in [2.45, 2.75) is 57.7 Å². The van der Waals surface area contributed by atoms with Crippen LogP contribution in [0.2, 0.25) is 0 Å². The highest BCUT2D eigenvalue weighted by Crippen LogP contribution is 2.50. The van der Waals surface area contributed by atoms with Crippen molar-refractivity contribution in [2.24, 2.45) is 5.41 Å². The molecule has 2 aromatic carbocycles. The minimum Gasteiger partial charge on any atom is -0.385 e. The number of aliphatic hydroxyl groups is 2. The lowest BCUT2D eigenvalue weighted by molar-refractivity contribution is -0.127. The van der Waals surface area contributed by atoms with Gasteiger partial charge in [-0.05, 0) is 73.2 Å². The molecular weight excluding hydrogens is 439 g/mol. The summed E-state index contributed by atoms with van der Waals surface area (Å²) in [4.78, 5) is 6.69. The summed E-state index contributed by atoms with van der Waals surface area (Å²) in [6, 6.07) is 16.4. The van der Waals surface area contributed by atoms with Crippen LogP contribution in [0.15, 0.2) is 67.0 Å². The van der Waals surface area contributed by atoms with Gasteiger partial charge in [0.05, 0.1) is 5.60 Å². The maximum atomic E-state index is 13.7. The second-order valence-electron chi connectivity index (χ2n) is 11.1. The quantitative estimate of drug-likeness (QED) is 0.459. The molecule has 2 unspecified atom stereocenters. The van der Waals surface area contributed by atoms with E-state index in [4.69, 9.17) is 0 Å². The third-order valence-electron chi connectivity index (χ3n) is 7.67. The monoisotopic (exact) mass is 476 g/mol. The Morgan fingerprint density at radius 2 is 1.69 bits per heavy atom. The molecule has 2 heterocycles. The fourth-order valence-corrected chi connectivity index (χ4v) is 5.52. The van der Waals surface area contributed by atoms with Gasteiger partial charge in [0, 0.05) is 36.5 Å². The van der Waals surface area contributed by atoms with E-state index in [0.29, 0.717) is 24.3 Å². The lowest BCUT2D eigenvalue weighted by atomic mass is 9.62. The molecule has 1 fully saturated rings. The third kappa shape index (κ3) is 4.90. The van der Waals surface area contributed by atoms with E-state index in [1.807, 2.05) is 18.2 Å². The van der Waals surface area contributed by atoms with E-state index in [1.54, 1.807) is 31.5 Å². The molecule has 0 aliphatic carbocycles. The van der Waals surface area contributed by atoms with Crippen molar-refractivity contribution < 1.29 is 14.6 Å². The largest absolute Gasteiger partial charge is 0.385 e. The number of aryl methyl sites for hydroxylation is 1. The number of hydrogen-bond acceptors (Lipinski definition) is 4. The van der Waals surface area contributed by atoms with Crippen molar-refractivity contribution in [3.63, 3.8) is 0 Å². The zero-order chi connectivity index (χ0) is 25.4. The number of nitrogens with zero attached hydrogens (tertiary/aromatic N) is 2. The normalized spacial score (nSPS) is 19.1. The van der Waals surface area contributed by atoms with Crippen LogP contribution in [-0.2, 0) is 17.6 Å². The second-order valence-corrected chi connectivity index (χ2v) is 11.1. The van der Waals surface area contributed by atoms with Crippen LogP contribution in [0.25, 0.3) is 0 Å². The van der Waals surface area contributed by atoms with E-state index in [0.717, 1.165) is 29.8 Å². The van der Waals surface area contributed by atoms with E-state index in [2.05, 4.69) is 49.8 Å². The molecule has 186 valence electrons. The van der Waals surface area contributed by atoms with Gasteiger partial charge in [0.15, 0.2) is 0 Å². The SMILES string of the molecule is CC(C)c1ccc(C(O)(c2cncc(CCC(C)(O)c3cccc(F)c3)c2)C2(C)CN(C)C2)cc1. The van der Waals surface area contributed by atoms with Gasteiger partial charge >= 0.3 is 0 Å². The minimum atomic E-state index is -1.21. The maximum absolute atomic E-state index is 13.7. The summed E-state index contributed by atoms with van der Waals surface area (Å²) in [6.45, 7) is 9.70. The average molecular weight is 477 g/mol. The number of pyridine rings is 1. The molecule has 0 radical (unpaired) electrons. The number of rotatable bonds is 8. The summed E-state index contributed by atoms with van der Waals surface area (Å²) in [7, 11) is 2.06. The summed E-state index contributed by atoms with van der Waals surface area (Å²) in [6.07, 6.45) is 4.49. The molecule has 1 aliphatic heterocycles. The molecule has 4 nitrogen and oxygen atoms in total. The molecule has 3 aromatic rings. The summed E-state index contributed by atoms with van der Waals surface area (Å²) in [5, 5.41) is 23.4. The predicted molar refractivity (Wildman–Crippen MR) is 138 cm³/mol. The van der Waals surface area contributed by atoms with Gasteiger partial charge in [-0.3, -0.25) is 4.98 Å². The zero-order valence-corrected chi connectivity index (χ0v) is 21.4. The molecule has 0 saturated carbocycles. The van der Waals surface area contributed by atoms with Crippen molar-refractivity contribution in [3.8, 4) is 0 Å². The van der Waals surface area contributed by atoms with Crippen molar-refractivity contribution >= 4 is 0 Å². The van der Waals surface area contributed by atoms with Crippen molar-refractivity contribution in [1.82, 2.24) is 9.88 Å². The van der Waals surface area contributed by atoms with E-state index in [-0.39, 0.29) is 11.2 Å². The number of hydrogen-bond donors (Lipinski definition) is 2. The number of aromatic nitrogens is 1. The molecule has 35 heavy (non-hydrogen) atoms. The Kier molecular flexibility index (Phi) is 6.89. The van der Waals surface area contributed by atoms with E-state index in [9.17, 15) is 14.6 Å². The fraction of sp³-hybridized carbons (Fsp3) is 0.433. The highest BCUT2D eigenvalue weighted by Gasteiger charge is 2.55. The third-order valence-corrected chi connectivity index (χ3v) is 7.67. The molecule has 1 saturated heterocycles. The topological polar surface area (TPSA) is 56.6 Å². The Hall–Kier alpha value is -2.60. The van der Waals surface area contributed by atoms with E-state index in [1.165, 1.54) is 17.7 Å². The first-order valence-electron chi connectivity index (χ1n) is 12.4. The summed E-state index contributed by atoms with van der Waals surface area (Å²) < 4.78 is 13.7. The van der Waals surface area contributed by atoms with Crippen LogP contribution in [0.1, 0.15) is 67.9 Å². The van der Waals surface area contributed by atoms with Crippen LogP contribution >= 0.6 is 0 Å². The Morgan fingerprint density at radius 1 is 1.00 bits per heavy atom. The summed E-state index contributed by atoms with van der Waals surface area (Å²) >= 11 is 0. The minimum absolute atomic E-state index is 0.362. The fourth-order valence-electron chi connectivity index (χ4n) is 5.52. The molecule has 0 bridgehead atoms. The second kappa shape index (κ2) is 9.45. The van der Waals surface area contributed by atoms with Crippen molar-refractivity contribution in [3.05, 3.63) is 101 Å². The van der Waals surface area contributed by atoms with Crippen molar-refractivity contribution in [1.29, 1.82) is 0 Å². The number of benzene rings is 2. The van der Waals surface area contributed by atoms with Crippen LogP contribution in [-0.4, -0.2) is 40.2 Å². The molecular formula is C30H37FN2O2. The first-order valence-corrected chi connectivity index (χ1v) is 12.4. The summed E-state index contributed by atoms with van der Waals surface area (Å²) in [5.74, 6) is 0.0529. The van der Waals surface area contributed by atoms with Crippen LogP contribution < -0.4 is 0 Å². The average Bonchev–Trinajstić information content (AvgIpc) is 2.81. The van der Waals surface area contributed by atoms with Gasteiger partial charge in [-0.25, -0.2) is 4.39 Å². The van der Waals surface area contributed by atoms with Gasteiger partial charge in [0.1, 0.15) is 11.4 Å². The van der Waals surface area contributed by atoms with Gasteiger partial charge in [-0.15, -0.1) is 0 Å². The number of halogens is 1. The Balaban J connectivity index is 1.65. The first kappa shape index (κ1) is 25.5. The van der Waals surface area contributed by atoms with Crippen LogP contribution in [0.3, 0.4) is 0 Å². The van der Waals surface area contributed by atoms with Gasteiger partial charge in [-0.1, -0.05) is 57.2 Å². The van der Waals surface area contributed by atoms with Crippen LogP contribution in [0.5, 0.6) is 0 Å². The van der Waals surface area contributed by atoms with Gasteiger partial charge < -0.3 is 15.1 Å². The highest BCUT2D eigenvalue weighted by atomic mass is 19.1. The Morgan fingerprint density at radius 3 is 2.29 bits per heavy atom. The van der Waals surface area contributed by atoms with E-state index >= 15 is 0 Å². The molecule has 0 amide bonds. The van der Waals surface area contributed by atoms with Gasteiger partial charge in [-0.2, -0.15) is 0 Å². The Bertz CT molecular complexity index is 1170. The first-order chi connectivity index (χ1) is 16.4. The van der Waals surface area contributed by atoms with Gasteiger partial charge in [0.25, 0.3) is 0 Å². The molecule has 2 N–H and O–H groups in total. The van der Waals surface area contributed by atoms with Gasteiger partial charge in [0.2, 0.25) is 0 Å². The zero-order valence-electron chi connectivity index (χ0n) is 21.4. The molecule has 1 aromatic heterocycles. The molecule has 2 atom stereocenters. The maximum Gasteiger partial charge on any atom is 0.124 e. The Labute approximate surface area is 208 Å². The van der Waals surface area contributed by atoms with Crippen LogP contribution in [0, 0.1) is 11.2 Å². The lowest BCUT2D eigenvalue weighted by Gasteiger charge is -2.56. The molecule has 4 rings (SSSR count).